The van der Waals surface area contributed by atoms with Crippen molar-refractivity contribution in [3.8, 4) is 22.9 Å². The number of phenols is 1. The third-order valence-electron chi connectivity index (χ3n) is 2.72. The number of benzene rings is 1. The zero-order valence-corrected chi connectivity index (χ0v) is 10.8. The van der Waals surface area contributed by atoms with Crippen LogP contribution in [0.4, 0.5) is 0 Å². The zero-order valence-electron chi connectivity index (χ0n) is 9.21. The molecule has 0 atom stereocenters. The van der Waals surface area contributed by atoms with Crippen LogP contribution in [0.5, 0.6) is 11.5 Å². The van der Waals surface area contributed by atoms with Crippen LogP contribution >= 0.6 is 15.9 Å². The number of phenolic OH excluding ortho intramolecular Hbond substituents is 1. The molecule has 90 valence electrons. The minimum absolute atomic E-state index is 0.143. The molecule has 0 saturated heterocycles. The molecule has 2 N–H and O–H groups in total. The first-order valence-electron chi connectivity index (χ1n) is 5.32. The first-order valence-corrected chi connectivity index (χ1v) is 6.11. The van der Waals surface area contributed by atoms with Gasteiger partial charge in [0.15, 0.2) is 0 Å². The van der Waals surface area contributed by atoms with Crippen molar-refractivity contribution >= 4 is 21.4 Å². The number of rotatable bonds is 1. The van der Waals surface area contributed by atoms with Gasteiger partial charge >= 0.3 is 0 Å². The predicted octanol–water partition coefficient (Wildman–Crippen LogP) is 3.18. The minimum atomic E-state index is 0.143. The summed E-state index contributed by atoms with van der Waals surface area (Å²) in [6, 6.07) is 10.3. The van der Waals surface area contributed by atoms with E-state index in [-0.39, 0.29) is 11.5 Å². The largest absolute Gasteiger partial charge is 0.507 e. The molecule has 5 heteroatoms. The maximum atomic E-state index is 9.87. The van der Waals surface area contributed by atoms with Gasteiger partial charge in [0, 0.05) is 0 Å². The molecular formula is C13H9BrN2O2. The quantitative estimate of drug-likeness (QED) is 0.726. The second-order valence-corrected chi connectivity index (χ2v) is 4.64. The van der Waals surface area contributed by atoms with Crippen molar-refractivity contribution in [2.45, 2.75) is 0 Å². The van der Waals surface area contributed by atoms with Gasteiger partial charge in [0.25, 0.3) is 0 Å². The summed E-state index contributed by atoms with van der Waals surface area (Å²) in [6.45, 7) is 0. The van der Waals surface area contributed by atoms with Gasteiger partial charge in [-0.2, -0.15) is 0 Å². The summed E-state index contributed by atoms with van der Waals surface area (Å²) < 4.78 is 2.40. The van der Waals surface area contributed by atoms with E-state index in [0.29, 0.717) is 16.0 Å². The monoisotopic (exact) mass is 304 g/mol. The highest BCUT2D eigenvalue weighted by atomic mass is 79.9. The first kappa shape index (κ1) is 11.1. The summed E-state index contributed by atoms with van der Waals surface area (Å²) >= 11 is 3.37. The van der Waals surface area contributed by atoms with Crippen molar-refractivity contribution in [1.82, 2.24) is 9.38 Å². The van der Waals surface area contributed by atoms with Crippen LogP contribution in [-0.2, 0) is 0 Å². The van der Waals surface area contributed by atoms with Crippen LogP contribution in [0, 0.1) is 0 Å². The highest BCUT2D eigenvalue weighted by molar-refractivity contribution is 9.10. The smallest absolute Gasteiger partial charge is 0.149 e. The molecule has 2 heterocycles. The molecule has 4 nitrogen and oxygen atoms in total. The zero-order chi connectivity index (χ0) is 12.7. The molecule has 0 spiro atoms. The average molecular weight is 305 g/mol. The Bertz CT molecular complexity index is 737. The lowest BCUT2D eigenvalue weighted by molar-refractivity contribution is 0.471. The first-order chi connectivity index (χ1) is 8.66. The molecule has 18 heavy (non-hydrogen) atoms. The maximum absolute atomic E-state index is 9.87. The third kappa shape index (κ3) is 1.64. The fourth-order valence-corrected chi connectivity index (χ4v) is 2.38. The van der Waals surface area contributed by atoms with Crippen molar-refractivity contribution in [3.05, 3.63) is 47.2 Å². The van der Waals surface area contributed by atoms with Crippen molar-refractivity contribution in [2.24, 2.45) is 0 Å². The second kappa shape index (κ2) is 4.03. The number of aromatic nitrogens is 2. The minimum Gasteiger partial charge on any atom is -0.507 e. The summed E-state index contributed by atoms with van der Waals surface area (Å²) in [5, 5.41) is 19.4. The van der Waals surface area contributed by atoms with E-state index in [0.717, 1.165) is 5.52 Å². The third-order valence-corrected chi connectivity index (χ3v) is 3.30. The van der Waals surface area contributed by atoms with Gasteiger partial charge in [-0.25, -0.2) is 4.98 Å². The van der Waals surface area contributed by atoms with Crippen LogP contribution in [0.1, 0.15) is 0 Å². The van der Waals surface area contributed by atoms with Crippen molar-refractivity contribution in [3.63, 3.8) is 0 Å². The van der Waals surface area contributed by atoms with Crippen LogP contribution in [0.2, 0.25) is 0 Å². The van der Waals surface area contributed by atoms with Gasteiger partial charge in [-0.05, 0) is 40.2 Å². The lowest BCUT2D eigenvalue weighted by atomic mass is 10.2. The van der Waals surface area contributed by atoms with Gasteiger partial charge in [0.2, 0.25) is 0 Å². The average Bonchev–Trinajstić information content (AvgIpc) is 2.67. The van der Waals surface area contributed by atoms with E-state index in [2.05, 4.69) is 20.9 Å². The lowest BCUT2D eigenvalue weighted by Crippen LogP contribution is -1.89. The Morgan fingerprint density at radius 2 is 1.83 bits per heavy atom. The normalized spacial score (nSPS) is 10.9. The molecule has 0 amide bonds. The topological polar surface area (TPSA) is 57.8 Å². The Morgan fingerprint density at radius 1 is 1.06 bits per heavy atom. The Hall–Kier alpha value is -2.01. The number of para-hydroxylation sites is 1. The SMILES string of the molecule is Oc1ccc2c(Br)nc(-c3ccccc3O)n2c1. The van der Waals surface area contributed by atoms with Crippen LogP contribution in [-0.4, -0.2) is 19.6 Å². The maximum Gasteiger partial charge on any atom is 0.149 e. The van der Waals surface area contributed by atoms with Crippen LogP contribution < -0.4 is 0 Å². The molecule has 0 unspecified atom stereocenters. The van der Waals surface area contributed by atoms with Gasteiger partial charge in [-0.1, -0.05) is 12.1 Å². The van der Waals surface area contributed by atoms with Gasteiger partial charge < -0.3 is 10.2 Å². The Labute approximate surface area is 111 Å². The second-order valence-electron chi connectivity index (χ2n) is 3.89. The number of aromatic hydroxyl groups is 2. The fraction of sp³-hybridized carbons (Fsp3) is 0. The van der Waals surface area contributed by atoms with E-state index >= 15 is 0 Å². The van der Waals surface area contributed by atoms with E-state index in [4.69, 9.17) is 0 Å². The molecule has 0 aliphatic carbocycles. The number of halogens is 1. The summed E-state index contributed by atoms with van der Waals surface area (Å²) in [5.74, 6) is 0.871. The van der Waals surface area contributed by atoms with Crippen LogP contribution in [0.25, 0.3) is 16.9 Å². The van der Waals surface area contributed by atoms with Crippen molar-refractivity contribution in [1.29, 1.82) is 0 Å². The highest BCUT2D eigenvalue weighted by Gasteiger charge is 2.13. The summed E-state index contributed by atoms with van der Waals surface area (Å²) in [5.41, 5.74) is 1.44. The van der Waals surface area contributed by atoms with Gasteiger partial charge in [0.05, 0.1) is 17.3 Å². The predicted molar refractivity (Wildman–Crippen MR) is 71.7 cm³/mol. The Kier molecular flexibility index (Phi) is 2.48. The van der Waals surface area contributed by atoms with Crippen LogP contribution in [0.3, 0.4) is 0 Å². The van der Waals surface area contributed by atoms with E-state index in [1.54, 1.807) is 40.9 Å². The van der Waals surface area contributed by atoms with E-state index in [1.165, 1.54) is 0 Å². The summed E-state index contributed by atoms with van der Waals surface area (Å²) in [4.78, 5) is 4.37. The van der Waals surface area contributed by atoms with E-state index in [9.17, 15) is 10.2 Å². The summed E-state index contributed by atoms with van der Waals surface area (Å²) in [7, 11) is 0. The summed E-state index contributed by atoms with van der Waals surface area (Å²) in [6.07, 6.45) is 1.56. The van der Waals surface area contributed by atoms with Gasteiger partial charge in [0.1, 0.15) is 21.9 Å². The number of pyridine rings is 1. The van der Waals surface area contributed by atoms with E-state index in [1.807, 2.05) is 6.07 Å². The Morgan fingerprint density at radius 3 is 2.61 bits per heavy atom. The van der Waals surface area contributed by atoms with Crippen LogP contribution in [0.15, 0.2) is 47.2 Å². The Balaban J connectivity index is 2.36. The molecule has 0 saturated carbocycles. The molecule has 0 bridgehead atoms. The molecule has 3 aromatic rings. The number of fused-ring (bicyclic) bond motifs is 1. The molecule has 0 fully saturated rings. The van der Waals surface area contributed by atoms with Crippen molar-refractivity contribution in [2.75, 3.05) is 0 Å². The molecular weight excluding hydrogens is 296 g/mol. The van der Waals surface area contributed by atoms with Gasteiger partial charge in [-0.15, -0.1) is 0 Å². The standard InChI is InChI=1S/C13H9BrN2O2/c14-12-10-6-5-8(17)7-16(10)13(15-12)9-3-1-2-4-11(9)18/h1-7,17-18H. The molecule has 0 radical (unpaired) electrons. The van der Waals surface area contributed by atoms with Gasteiger partial charge in [-0.3, -0.25) is 4.40 Å². The fourth-order valence-electron chi connectivity index (χ4n) is 1.89. The number of hydrogen-bond acceptors (Lipinski definition) is 3. The molecule has 3 rings (SSSR count). The lowest BCUT2D eigenvalue weighted by Gasteiger charge is -2.03. The van der Waals surface area contributed by atoms with Crippen molar-refractivity contribution < 1.29 is 10.2 Å². The highest BCUT2D eigenvalue weighted by Crippen LogP contribution is 2.32. The molecule has 2 aromatic heterocycles. The molecule has 0 aliphatic rings. The molecule has 1 aromatic carbocycles. The number of nitrogens with zero attached hydrogens (tertiary/aromatic N) is 2. The number of hydrogen-bond donors (Lipinski definition) is 2. The number of imidazole rings is 1. The molecule has 0 aliphatic heterocycles. The van der Waals surface area contributed by atoms with E-state index < -0.39 is 0 Å².